The molecule has 1 rings (SSSR count). The summed E-state index contributed by atoms with van der Waals surface area (Å²) in [6, 6.07) is 0. The normalized spacial score (nSPS) is 9.64. The number of aromatic amines is 1. The number of hydrogen-bond acceptors (Lipinski definition) is 3. The standard InChI is InChI=1S/C7H10N2OS/c1-3-6-8-4-5(10-2)7(11)9-6/h4H,3H2,1-2H3,(H,8,9,11). The SMILES string of the molecule is CCc1ncc(OC)c(=S)[nH]1. The number of methoxy groups -OCH3 is 1. The van der Waals surface area contributed by atoms with Crippen molar-refractivity contribution in [3.63, 3.8) is 0 Å². The maximum absolute atomic E-state index is 4.98. The molecule has 3 nitrogen and oxygen atoms in total. The molecule has 11 heavy (non-hydrogen) atoms. The Morgan fingerprint density at radius 1 is 1.73 bits per heavy atom. The summed E-state index contributed by atoms with van der Waals surface area (Å²) in [5.74, 6) is 1.51. The zero-order valence-electron chi connectivity index (χ0n) is 6.55. The van der Waals surface area contributed by atoms with Gasteiger partial charge in [-0.15, -0.1) is 0 Å². The molecule has 1 heterocycles. The van der Waals surface area contributed by atoms with Gasteiger partial charge >= 0.3 is 0 Å². The molecule has 0 saturated carbocycles. The fraction of sp³-hybridized carbons (Fsp3) is 0.429. The van der Waals surface area contributed by atoms with Crippen LogP contribution < -0.4 is 4.74 Å². The quantitative estimate of drug-likeness (QED) is 0.687. The van der Waals surface area contributed by atoms with E-state index >= 15 is 0 Å². The van der Waals surface area contributed by atoms with Gasteiger partial charge in [-0.05, 0) is 0 Å². The summed E-state index contributed by atoms with van der Waals surface area (Å²) in [6.07, 6.45) is 2.49. The number of aromatic nitrogens is 2. The molecule has 0 saturated heterocycles. The first kappa shape index (κ1) is 8.20. The third-order valence-electron chi connectivity index (χ3n) is 1.37. The molecule has 4 heteroatoms. The van der Waals surface area contributed by atoms with Gasteiger partial charge in [0.2, 0.25) is 0 Å². The van der Waals surface area contributed by atoms with Crippen molar-refractivity contribution in [2.45, 2.75) is 13.3 Å². The molecule has 0 aliphatic rings. The first-order valence-corrected chi connectivity index (χ1v) is 3.81. The maximum Gasteiger partial charge on any atom is 0.171 e. The van der Waals surface area contributed by atoms with Crippen LogP contribution in [0.3, 0.4) is 0 Å². The summed E-state index contributed by atoms with van der Waals surface area (Å²) in [4.78, 5) is 7.04. The van der Waals surface area contributed by atoms with Crippen LogP contribution in [-0.4, -0.2) is 17.1 Å². The van der Waals surface area contributed by atoms with Crippen LogP contribution in [0.4, 0.5) is 0 Å². The lowest BCUT2D eigenvalue weighted by Gasteiger charge is -2.00. The molecule has 0 aliphatic carbocycles. The van der Waals surface area contributed by atoms with Crippen LogP contribution in [0.2, 0.25) is 0 Å². The fourth-order valence-corrected chi connectivity index (χ4v) is 0.999. The van der Waals surface area contributed by atoms with E-state index in [2.05, 4.69) is 9.97 Å². The van der Waals surface area contributed by atoms with Crippen LogP contribution in [0.5, 0.6) is 5.75 Å². The van der Waals surface area contributed by atoms with E-state index in [0.717, 1.165) is 12.2 Å². The summed E-state index contributed by atoms with van der Waals surface area (Å²) >= 11 is 4.98. The van der Waals surface area contributed by atoms with Gasteiger partial charge in [0.25, 0.3) is 0 Å². The average molecular weight is 170 g/mol. The number of aryl methyl sites for hydroxylation is 1. The lowest BCUT2D eigenvalue weighted by atomic mass is 10.4. The second-order valence-corrected chi connectivity index (χ2v) is 2.49. The molecule has 0 aromatic carbocycles. The highest BCUT2D eigenvalue weighted by Gasteiger charge is 1.95. The molecule has 1 aromatic heterocycles. The van der Waals surface area contributed by atoms with Crippen molar-refractivity contribution in [2.75, 3.05) is 7.11 Å². The van der Waals surface area contributed by atoms with E-state index in [9.17, 15) is 0 Å². The maximum atomic E-state index is 4.98. The topological polar surface area (TPSA) is 37.9 Å². The van der Waals surface area contributed by atoms with Crippen molar-refractivity contribution in [2.24, 2.45) is 0 Å². The lowest BCUT2D eigenvalue weighted by molar-refractivity contribution is 0.408. The zero-order valence-corrected chi connectivity index (χ0v) is 7.36. The van der Waals surface area contributed by atoms with Gasteiger partial charge in [-0.25, -0.2) is 4.98 Å². The van der Waals surface area contributed by atoms with E-state index in [1.807, 2.05) is 6.92 Å². The van der Waals surface area contributed by atoms with Crippen molar-refractivity contribution in [3.8, 4) is 5.75 Å². The second-order valence-electron chi connectivity index (χ2n) is 2.08. The van der Waals surface area contributed by atoms with Crippen LogP contribution >= 0.6 is 12.2 Å². The van der Waals surface area contributed by atoms with Crippen LogP contribution in [0.15, 0.2) is 6.20 Å². The van der Waals surface area contributed by atoms with Crippen LogP contribution in [-0.2, 0) is 6.42 Å². The molecule has 0 aliphatic heterocycles. The van der Waals surface area contributed by atoms with E-state index in [1.165, 1.54) is 0 Å². The van der Waals surface area contributed by atoms with E-state index in [1.54, 1.807) is 13.3 Å². The second kappa shape index (κ2) is 3.48. The van der Waals surface area contributed by atoms with Gasteiger partial charge in [-0.1, -0.05) is 19.1 Å². The summed E-state index contributed by atoms with van der Waals surface area (Å²) in [7, 11) is 1.58. The highest BCUT2D eigenvalue weighted by atomic mass is 32.1. The van der Waals surface area contributed by atoms with Crippen molar-refractivity contribution in [3.05, 3.63) is 16.7 Å². The van der Waals surface area contributed by atoms with Crippen molar-refractivity contribution >= 4 is 12.2 Å². The predicted molar refractivity (Wildman–Crippen MR) is 45.4 cm³/mol. The summed E-state index contributed by atoms with van der Waals surface area (Å²) in [5, 5.41) is 0. The number of rotatable bonds is 2. The monoisotopic (exact) mass is 170 g/mol. The highest BCUT2D eigenvalue weighted by Crippen LogP contribution is 2.08. The van der Waals surface area contributed by atoms with Crippen molar-refractivity contribution in [1.82, 2.24) is 9.97 Å². The Balaban J connectivity index is 3.10. The summed E-state index contributed by atoms with van der Waals surface area (Å²) in [5.41, 5.74) is 0. The van der Waals surface area contributed by atoms with Crippen LogP contribution in [0, 0.1) is 4.64 Å². The number of nitrogens with zero attached hydrogens (tertiary/aromatic N) is 1. The Morgan fingerprint density at radius 3 is 2.91 bits per heavy atom. The molecule has 1 aromatic rings. The minimum atomic E-state index is 0.611. The predicted octanol–water partition coefficient (Wildman–Crippen LogP) is 1.71. The number of nitrogens with one attached hydrogen (secondary N) is 1. The van der Waals surface area contributed by atoms with E-state index < -0.39 is 0 Å². The molecule has 0 atom stereocenters. The third kappa shape index (κ3) is 1.77. The lowest BCUT2D eigenvalue weighted by Crippen LogP contribution is -1.94. The Hall–Kier alpha value is -0.900. The fourth-order valence-electron chi connectivity index (χ4n) is 0.745. The first-order valence-electron chi connectivity index (χ1n) is 3.40. The smallest absolute Gasteiger partial charge is 0.171 e. The number of H-pyrrole nitrogens is 1. The highest BCUT2D eigenvalue weighted by molar-refractivity contribution is 7.71. The van der Waals surface area contributed by atoms with Gasteiger partial charge in [-0.3, -0.25) is 0 Å². The molecule has 0 bridgehead atoms. The Kier molecular flexibility index (Phi) is 2.59. The van der Waals surface area contributed by atoms with Gasteiger partial charge < -0.3 is 9.72 Å². The van der Waals surface area contributed by atoms with E-state index in [4.69, 9.17) is 17.0 Å². The largest absolute Gasteiger partial charge is 0.492 e. The third-order valence-corrected chi connectivity index (χ3v) is 1.68. The van der Waals surface area contributed by atoms with Crippen LogP contribution in [0.25, 0.3) is 0 Å². The van der Waals surface area contributed by atoms with Gasteiger partial charge in [0, 0.05) is 6.42 Å². The Morgan fingerprint density at radius 2 is 2.45 bits per heavy atom. The van der Waals surface area contributed by atoms with Crippen LogP contribution in [0.1, 0.15) is 12.7 Å². The summed E-state index contributed by atoms with van der Waals surface area (Å²) < 4.78 is 5.56. The Labute approximate surface area is 70.4 Å². The van der Waals surface area contributed by atoms with Gasteiger partial charge in [-0.2, -0.15) is 0 Å². The average Bonchev–Trinajstić information content (AvgIpc) is 2.04. The summed E-state index contributed by atoms with van der Waals surface area (Å²) in [6.45, 7) is 2.01. The number of ether oxygens (including phenoxy) is 1. The molecule has 0 fully saturated rings. The minimum Gasteiger partial charge on any atom is -0.492 e. The molecule has 0 amide bonds. The molecule has 1 N–H and O–H groups in total. The molecule has 0 unspecified atom stereocenters. The molecular formula is C7H10N2OS. The zero-order chi connectivity index (χ0) is 8.27. The van der Waals surface area contributed by atoms with Gasteiger partial charge in [0.15, 0.2) is 5.75 Å². The first-order chi connectivity index (χ1) is 5.27. The van der Waals surface area contributed by atoms with E-state index in [-0.39, 0.29) is 0 Å². The minimum absolute atomic E-state index is 0.611. The van der Waals surface area contributed by atoms with Crippen molar-refractivity contribution in [1.29, 1.82) is 0 Å². The Bertz CT molecular complexity index is 295. The van der Waals surface area contributed by atoms with Gasteiger partial charge in [0.05, 0.1) is 13.3 Å². The number of hydrogen-bond donors (Lipinski definition) is 1. The van der Waals surface area contributed by atoms with E-state index in [0.29, 0.717) is 10.4 Å². The van der Waals surface area contributed by atoms with Crippen molar-refractivity contribution < 1.29 is 4.74 Å². The van der Waals surface area contributed by atoms with Gasteiger partial charge in [0.1, 0.15) is 10.5 Å². The molecule has 60 valence electrons. The molecule has 0 spiro atoms. The molecular weight excluding hydrogens is 160 g/mol. The molecule has 0 radical (unpaired) electrons.